The van der Waals surface area contributed by atoms with Crippen molar-refractivity contribution in [2.24, 2.45) is 0 Å². The van der Waals surface area contributed by atoms with Crippen molar-refractivity contribution in [3.63, 3.8) is 0 Å². The van der Waals surface area contributed by atoms with Crippen LogP contribution < -0.4 is 9.80 Å². The minimum Gasteiger partial charge on any atom is -0.457 e. The Morgan fingerprint density at radius 2 is 1.90 bits per heavy atom. The zero-order valence-electron chi connectivity index (χ0n) is 11.1. The molecule has 1 atom stereocenters. The van der Waals surface area contributed by atoms with Crippen molar-refractivity contribution in [2.75, 3.05) is 5.06 Å². The second kappa shape index (κ2) is 4.98. The van der Waals surface area contributed by atoms with Gasteiger partial charge in [-0.2, -0.15) is 5.06 Å². The Hall–Kier alpha value is -2.33. The van der Waals surface area contributed by atoms with Gasteiger partial charge in [0.25, 0.3) is 5.91 Å². The molecule has 1 heterocycles. The van der Waals surface area contributed by atoms with E-state index in [4.69, 9.17) is 4.74 Å². The Labute approximate surface area is 117 Å². The molecule has 1 aliphatic heterocycles. The molecule has 2 aromatic rings. The van der Waals surface area contributed by atoms with Gasteiger partial charge in [0.2, 0.25) is 0 Å². The molecule has 0 radical (unpaired) electrons. The smallest absolute Gasteiger partial charge is 0.258 e. The molecule has 2 aromatic carbocycles. The standard InChI is InChI=1S/C16H15NO3/c1-2-13-14-9-8-12(10-15(14)17(19)16(13)18)20-11-6-4-3-5-7-11/h3-10,13,19H,2H2,1H3. The zero-order chi connectivity index (χ0) is 14.1. The quantitative estimate of drug-likeness (QED) is 0.864. The number of carbonyl (C=O) groups excluding carboxylic acids is 1. The van der Waals surface area contributed by atoms with Crippen LogP contribution in [0.2, 0.25) is 0 Å². The summed E-state index contributed by atoms with van der Waals surface area (Å²) in [4.78, 5) is 11.9. The number of rotatable bonds is 3. The monoisotopic (exact) mass is 269 g/mol. The number of hydrogen-bond donors (Lipinski definition) is 1. The molecule has 1 aliphatic rings. The second-order valence-corrected chi connectivity index (χ2v) is 4.75. The van der Waals surface area contributed by atoms with E-state index in [1.165, 1.54) is 0 Å². The van der Waals surface area contributed by atoms with Crippen LogP contribution in [0.3, 0.4) is 0 Å². The average molecular weight is 269 g/mol. The largest absolute Gasteiger partial charge is 0.457 e. The van der Waals surface area contributed by atoms with Gasteiger partial charge in [-0.1, -0.05) is 31.2 Å². The second-order valence-electron chi connectivity index (χ2n) is 4.75. The van der Waals surface area contributed by atoms with Crippen LogP contribution in [-0.4, -0.2) is 11.1 Å². The third kappa shape index (κ3) is 2.04. The van der Waals surface area contributed by atoms with Gasteiger partial charge in [-0.05, 0) is 30.2 Å². The summed E-state index contributed by atoms with van der Waals surface area (Å²) in [5, 5.41) is 10.6. The van der Waals surface area contributed by atoms with Gasteiger partial charge < -0.3 is 4.74 Å². The van der Waals surface area contributed by atoms with Gasteiger partial charge >= 0.3 is 0 Å². The maximum atomic E-state index is 11.9. The maximum absolute atomic E-state index is 11.9. The van der Waals surface area contributed by atoms with Crippen LogP contribution in [0.4, 0.5) is 5.69 Å². The van der Waals surface area contributed by atoms with Crippen LogP contribution in [0, 0.1) is 0 Å². The molecule has 0 aliphatic carbocycles. The number of carbonyl (C=O) groups is 1. The lowest BCUT2D eigenvalue weighted by molar-refractivity contribution is -0.124. The molecular weight excluding hydrogens is 254 g/mol. The van der Waals surface area contributed by atoms with Gasteiger partial charge in [-0.3, -0.25) is 10.0 Å². The van der Waals surface area contributed by atoms with Crippen molar-refractivity contribution in [1.82, 2.24) is 0 Å². The van der Waals surface area contributed by atoms with Gasteiger partial charge in [0.05, 0.1) is 11.6 Å². The number of anilines is 1. The summed E-state index contributed by atoms with van der Waals surface area (Å²) >= 11 is 0. The highest BCUT2D eigenvalue weighted by Gasteiger charge is 2.35. The fraction of sp³-hybridized carbons (Fsp3) is 0.188. The highest BCUT2D eigenvalue weighted by atomic mass is 16.5. The van der Waals surface area contributed by atoms with Gasteiger partial charge in [-0.25, -0.2) is 0 Å². The molecule has 0 fully saturated rings. The first-order chi connectivity index (χ1) is 9.70. The van der Waals surface area contributed by atoms with Crippen LogP contribution in [-0.2, 0) is 4.79 Å². The summed E-state index contributed by atoms with van der Waals surface area (Å²) in [7, 11) is 0. The fourth-order valence-corrected chi connectivity index (χ4v) is 2.48. The molecule has 1 amide bonds. The van der Waals surface area contributed by atoms with E-state index in [1.54, 1.807) is 6.07 Å². The molecule has 0 aromatic heterocycles. The highest BCUT2D eigenvalue weighted by Crippen LogP contribution is 2.40. The van der Waals surface area contributed by atoms with Crippen molar-refractivity contribution < 1.29 is 14.7 Å². The Balaban J connectivity index is 1.93. The number of hydrogen-bond acceptors (Lipinski definition) is 3. The van der Waals surface area contributed by atoms with Crippen molar-refractivity contribution in [3.8, 4) is 11.5 Å². The fourth-order valence-electron chi connectivity index (χ4n) is 2.48. The molecule has 20 heavy (non-hydrogen) atoms. The molecular formula is C16H15NO3. The van der Waals surface area contributed by atoms with E-state index < -0.39 is 0 Å². The van der Waals surface area contributed by atoms with E-state index in [0.717, 1.165) is 10.6 Å². The highest BCUT2D eigenvalue weighted by molar-refractivity contribution is 6.03. The van der Waals surface area contributed by atoms with Crippen molar-refractivity contribution in [1.29, 1.82) is 0 Å². The van der Waals surface area contributed by atoms with Gasteiger partial charge in [-0.15, -0.1) is 0 Å². The number of nitrogens with zero attached hydrogens (tertiary/aromatic N) is 1. The summed E-state index contributed by atoms with van der Waals surface area (Å²) in [5.74, 6) is 0.770. The summed E-state index contributed by atoms with van der Waals surface area (Å²) < 4.78 is 5.71. The van der Waals surface area contributed by atoms with Crippen LogP contribution >= 0.6 is 0 Å². The number of fused-ring (bicyclic) bond motifs is 1. The predicted octanol–water partition coefficient (Wildman–Crippen LogP) is 3.71. The number of benzene rings is 2. The first-order valence-electron chi connectivity index (χ1n) is 6.60. The normalized spacial score (nSPS) is 17.2. The van der Waals surface area contributed by atoms with E-state index >= 15 is 0 Å². The van der Waals surface area contributed by atoms with E-state index in [9.17, 15) is 10.0 Å². The molecule has 4 nitrogen and oxygen atoms in total. The third-order valence-corrected chi connectivity index (χ3v) is 3.50. The van der Waals surface area contributed by atoms with Crippen LogP contribution in [0.25, 0.3) is 0 Å². The van der Waals surface area contributed by atoms with E-state index in [1.807, 2.05) is 49.4 Å². The third-order valence-electron chi connectivity index (χ3n) is 3.50. The topological polar surface area (TPSA) is 49.8 Å². The minimum atomic E-state index is -0.278. The number of amides is 1. The lowest BCUT2D eigenvalue weighted by atomic mass is 9.98. The minimum absolute atomic E-state index is 0.263. The van der Waals surface area contributed by atoms with Crippen molar-refractivity contribution >= 4 is 11.6 Å². The molecule has 3 rings (SSSR count). The predicted molar refractivity (Wildman–Crippen MR) is 75.3 cm³/mol. The number of ether oxygens (including phenoxy) is 1. The molecule has 0 saturated heterocycles. The van der Waals surface area contributed by atoms with E-state index in [-0.39, 0.29) is 11.8 Å². The van der Waals surface area contributed by atoms with E-state index in [0.29, 0.717) is 23.6 Å². The van der Waals surface area contributed by atoms with Crippen LogP contribution in [0.15, 0.2) is 48.5 Å². The lowest BCUT2D eigenvalue weighted by Gasteiger charge is -2.10. The SMILES string of the molecule is CCC1C(=O)N(O)c2cc(Oc3ccccc3)ccc21. The Morgan fingerprint density at radius 1 is 1.15 bits per heavy atom. The molecule has 0 saturated carbocycles. The molecule has 1 unspecified atom stereocenters. The zero-order valence-corrected chi connectivity index (χ0v) is 11.1. The van der Waals surface area contributed by atoms with E-state index in [2.05, 4.69) is 0 Å². The molecule has 1 N–H and O–H groups in total. The number of para-hydroxylation sites is 1. The number of hydroxylamine groups is 1. The Kier molecular flexibility index (Phi) is 3.16. The Morgan fingerprint density at radius 3 is 2.60 bits per heavy atom. The first kappa shape index (κ1) is 12.7. The summed E-state index contributed by atoms with van der Waals surface area (Å²) in [6.45, 7) is 1.93. The maximum Gasteiger partial charge on any atom is 0.258 e. The van der Waals surface area contributed by atoms with Crippen LogP contribution in [0.5, 0.6) is 11.5 Å². The molecule has 4 heteroatoms. The van der Waals surface area contributed by atoms with Gasteiger partial charge in [0, 0.05) is 6.07 Å². The molecule has 0 bridgehead atoms. The van der Waals surface area contributed by atoms with Gasteiger partial charge in [0.15, 0.2) is 0 Å². The molecule has 0 spiro atoms. The lowest BCUT2D eigenvalue weighted by Crippen LogP contribution is -2.24. The average Bonchev–Trinajstić information content (AvgIpc) is 2.72. The summed E-state index contributed by atoms with van der Waals surface area (Å²) in [6, 6.07) is 14.7. The van der Waals surface area contributed by atoms with Gasteiger partial charge in [0.1, 0.15) is 11.5 Å². The van der Waals surface area contributed by atoms with Crippen molar-refractivity contribution in [3.05, 3.63) is 54.1 Å². The van der Waals surface area contributed by atoms with Crippen LogP contribution in [0.1, 0.15) is 24.8 Å². The summed E-state index contributed by atoms with van der Waals surface area (Å²) in [6.07, 6.45) is 0.668. The Bertz CT molecular complexity index is 639. The first-order valence-corrected chi connectivity index (χ1v) is 6.60. The molecule has 102 valence electrons. The summed E-state index contributed by atoms with van der Waals surface area (Å²) in [5.41, 5.74) is 1.36. The van der Waals surface area contributed by atoms with Crippen molar-refractivity contribution in [2.45, 2.75) is 19.3 Å².